The Morgan fingerprint density at radius 1 is 1.26 bits per heavy atom. The second-order valence-electron chi connectivity index (χ2n) is 9.71. The van der Waals surface area contributed by atoms with Crippen LogP contribution in [0, 0.1) is 11.8 Å². The molecule has 2 bridgehead atoms. The molecular weight excluding hydrogens is 502 g/mol. The van der Waals surface area contributed by atoms with Crippen LogP contribution in [0.25, 0.3) is 0 Å². The molecule has 8 nitrogen and oxygen atoms in total. The highest BCUT2D eigenvalue weighted by molar-refractivity contribution is 9.09. The lowest BCUT2D eigenvalue weighted by Crippen LogP contribution is -2.59. The summed E-state index contributed by atoms with van der Waals surface area (Å²) in [6, 6.07) is 7.61. The number of alkyl halides is 1. The zero-order valence-electron chi connectivity index (χ0n) is 19.9. The summed E-state index contributed by atoms with van der Waals surface area (Å²) in [5.41, 5.74) is -0.477. The molecule has 3 saturated heterocycles. The molecule has 1 spiro atoms. The van der Waals surface area contributed by atoms with Gasteiger partial charge in [-0.25, -0.2) is 0 Å². The molecule has 0 saturated carbocycles. The SMILES string of the molecule is CCCC(C)NC(=O)C1N([C@@H](CC)CO)C(=O)[C@@H]2[C@@H](C(=O)Nc3ccccc3)[C@@H]3OC12CC3Br. The fraction of sp³-hybridized carbons (Fsp3) is 0.640. The number of fused-ring (bicyclic) bond motifs is 1. The number of anilines is 1. The summed E-state index contributed by atoms with van der Waals surface area (Å²) in [4.78, 5) is 42.3. The van der Waals surface area contributed by atoms with E-state index >= 15 is 0 Å². The monoisotopic (exact) mass is 535 g/mol. The predicted molar refractivity (Wildman–Crippen MR) is 131 cm³/mol. The highest BCUT2D eigenvalue weighted by Gasteiger charge is 2.77. The fourth-order valence-electron chi connectivity index (χ4n) is 6.05. The summed E-state index contributed by atoms with van der Waals surface area (Å²) in [6.07, 6.45) is 2.15. The number of aliphatic hydroxyl groups excluding tert-OH is 1. The smallest absolute Gasteiger partial charge is 0.246 e. The maximum atomic E-state index is 13.9. The van der Waals surface area contributed by atoms with E-state index in [4.69, 9.17) is 4.74 Å². The van der Waals surface area contributed by atoms with Gasteiger partial charge in [-0.1, -0.05) is 54.4 Å². The Morgan fingerprint density at radius 2 is 1.97 bits per heavy atom. The second-order valence-corrected chi connectivity index (χ2v) is 10.9. The molecule has 1 aromatic rings. The van der Waals surface area contributed by atoms with Crippen molar-refractivity contribution < 1.29 is 24.2 Å². The molecular formula is C25H34BrN3O5. The van der Waals surface area contributed by atoms with E-state index in [0.717, 1.165) is 12.8 Å². The molecule has 0 aliphatic carbocycles. The van der Waals surface area contributed by atoms with Crippen molar-refractivity contribution in [3.05, 3.63) is 30.3 Å². The van der Waals surface area contributed by atoms with Gasteiger partial charge in [-0.15, -0.1) is 0 Å². The number of nitrogens with one attached hydrogen (secondary N) is 2. The number of para-hydroxylation sites is 1. The van der Waals surface area contributed by atoms with Gasteiger partial charge in [-0.2, -0.15) is 0 Å². The largest absolute Gasteiger partial charge is 0.394 e. The van der Waals surface area contributed by atoms with E-state index in [1.54, 1.807) is 12.1 Å². The number of carbonyl (C=O) groups excluding carboxylic acids is 3. The lowest BCUT2D eigenvalue weighted by molar-refractivity contribution is -0.145. The lowest BCUT2D eigenvalue weighted by Gasteiger charge is -2.37. The van der Waals surface area contributed by atoms with Crippen LogP contribution >= 0.6 is 15.9 Å². The number of benzene rings is 1. The maximum absolute atomic E-state index is 13.9. The van der Waals surface area contributed by atoms with Crippen LogP contribution in [-0.4, -0.2) is 69.0 Å². The van der Waals surface area contributed by atoms with Crippen LogP contribution in [0.15, 0.2) is 30.3 Å². The average Bonchev–Trinajstić information content (AvgIpc) is 3.39. The van der Waals surface area contributed by atoms with Gasteiger partial charge in [0.05, 0.1) is 30.6 Å². The minimum atomic E-state index is -1.12. The number of nitrogens with zero attached hydrogens (tertiary/aromatic N) is 1. The maximum Gasteiger partial charge on any atom is 0.246 e. The van der Waals surface area contributed by atoms with Gasteiger partial charge < -0.3 is 25.4 Å². The predicted octanol–water partition coefficient (Wildman–Crippen LogP) is 2.45. The number of likely N-dealkylation sites (tertiary alicyclic amines) is 1. The number of carbonyl (C=O) groups is 3. The number of hydrogen-bond donors (Lipinski definition) is 3. The first-order valence-corrected chi connectivity index (χ1v) is 13.1. The van der Waals surface area contributed by atoms with Crippen molar-refractivity contribution in [3.63, 3.8) is 0 Å². The molecule has 0 radical (unpaired) electrons. The van der Waals surface area contributed by atoms with Crippen LogP contribution in [0.5, 0.6) is 0 Å². The third-order valence-electron chi connectivity index (χ3n) is 7.51. The van der Waals surface area contributed by atoms with Crippen molar-refractivity contribution >= 4 is 39.3 Å². The summed E-state index contributed by atoms with van der Waals surface area (Å²) >= 11 is 3.67. The second kappa shape index (κ2) is 9.95. The lowest BCUT2D eigenvalue weighted by atomic mass is 9.70. The van der Waals surface area contributed by atoms with E-state index in [2.05, 4.69) is 33.5 Å². The Bertz CT molecular complexity index is 926. The first-order valence-electron chi connectivity index (χ1n) is 12.2. The Morgan fingerprint density at radius 3 is 2.59 bits per heavy atom. The molecule has 8 atom stereocenters. The molecule has 3 amide bonds. The van der Waals surface area contributed by atoms with Gasteiger partial charge in [0.2, 0.25) is 17.7 Å². The number of rotatable bonds is 9. The molecule has 186 valence electrons. The molecule has 9 heteroatoms. The van der Waals surface area contributed by atoms with Crippen molar-refractivity contribution in [1.82, 2.24) is 10.2 Å². The molecule has 0 aromatic heterocycles. The Balaban J connectivity index is 1.71. The minimum Gasteiger partial charge on any atom is -0.394 e. The van der Waals surface area contributed by atoms with Crippen molar-refractivity contribution in [1.29, 1.82) is 0 Å². The van der Waals surface area contributed by atoms with Gasteiger partial charge in [-0.3, -0.25) is 14.4 Å². The fourth-order valence-corrected chi connectivity index (χ4v) is 6.99. The van der Waals surface area contributed by atoms with E-state index in [9.17, 15) is 19.5 Å². The van der Waals surface area contributed by atoms with Gasteiger partial charge in [0, 0.05) is 16.6 Å². The average molecular weight is 536 g/mol. The van der Waals surface area contributed by atoms with Crippen LogP contribution < -0.4 is 10.6 Å². The van der Waals surface area contributed by atoms with E-state index in [0.29, 0.717) is 18.5 Å². The number of halogens is 1. The zero-order chi connectivity index (χ0) is 24.6. The number of hydrogen-bond acceptors (Lipinski definition) is 5. The topological polar surface area (TPSA) is 108 Å². The Kier molecular flexibility index (Phi) is 7.36. The number of aliphatic hydroxyl groups is 1. The van der Waals surface area contributed by atoms with E-state index in [1.165, 1.54) is 4.90 Å². The highest BCUT2D eigenvalue weighted by Crippen LogP contribution is 2.60. The molecule has 34 heavy (non-hydrogen) atoms. The van der Waals surface area contributed by atoms with Crippen molar-refractivity contribution in [2.24, 2.45) is 11.8 Å². The van der Waals surface area contributed by atoms with Crippen LogP contribution in [0.3, 0.4) is 0 Å². The number of ether oxygens (including phenoxy) is 1. The molecule has 3 fully saturated rings. The Labute approximate surface area is 208 Å². The highest BCUT2D eigenvalue weighted by atomic mass is 79.9. The molecule has 3 aliphatic heterocycles. The Hall–Kier alpha value is -1.97. The van der Waals surface area contributed by atoms with Crippen LogP contribution in [0.2, 0.25) is 0 Å². The third-order valence-corrected chi connectivity index (χ3v) is 8.35. The van der Waals surface area contributed by atoms with Gasteiger partial charge in [0.25, 0.3) is 0 Å². The third kappa shape index (κ3) is 4.05. The molecule has 4 unspecified atom stereocenters. The molecule has 3 heterocycles. The summed E-state index contributed by atoms with van der Waals surface area (Å²) in [7, 11) is 0. The number of amides is 3. The van der Waals surface area contributed by atoms with Gasteiger partial charge in [-0.05, 0) is 38.3 Å². The van der Waals surface area contributed by atoms with Crippen LogP contribution in [-0.2, 0) is 19.1 Å². The van der Waals surface area contributed by atoms with E-state index < -0.39 is 35.6 Å². The standard InChI is InChI=1S/C25H34BrN3O5/c1-4-9-14(3)27-23(32)21-25-12-17(26)20(34-25)18(22(31)28-15-10-7-6-8-11-15)19(25)24(33)29(21)16(5-2)13-30/h6-8,10-11,14,16-21,30H,4-5,9,12-13H2,1-3H3,(H,27,32)(H,28,31)/t14?,16-,17?,18+,19-,20+,21?,25?/m0/s1. The summed E-state index contributed by atoms with van der Waals surface area (Å²) in [5.74, 6) is -2.39. The summed E-state index contributed by atoms with van der Waals surface area (Å²) < 4.78 is 6.47. The van der Waals surface area contributed by atoms with Crippen LogP contribution in [0.4, 0.5) is 5.69 Å². The van der Waals surface area contributed by atoms with Crippen LogP contribution in [0.1, 0.15) is 46.5 Å². The van der Waals surface area contributed by atoms with Crippen molar-refractivity contribution in [2.45, 2.75) is 81.1 Å². The first-order chi connectivity index (χ1) is 16.3. The molecule has 1 aromatic carbocycles. The molecule has 3 aliphatic rings. The molecule has 3 N–H and O–H groups in total. The quantitative estimate of drug-likeness (QED) is 0.421. The summed E-state index contributed by atoms with van der Waals surface area (Å²) in [6.45, 7) is 5.60. The van der Waals surface area contributed by atoms with Crippen molar-refractivity contribution in [3.8, 4) is 0 Å². The summed E-state index contributed by atoms with van der Waals surface area (Å²) in [5, 5.41) is 16.0. The van der Waals surface area contributed by atoms with Crippen molar-refractivity contribution in [2.75, 3.05) is 11.9 Å². The molecule has 4 rings (SSSR count). The van der Waals surface area contributed by atoms with Gasteiger partial charge in [0.1, 0.15) is 11.6 Å². The van der Waals surface area contributed by atoms with E-state index in [-0.39, 0.29) is 35.2 Å². The first kappa shape index (κ1) is 25.1. The van der Waals surface area contributed by atoms with Gasteiger partial charge >= 0.3 is 0 Å². The minimum absolute atomic E-state index is 0.0605. The van der Waals surface area contributed by atoms with Gasteiger partial charge in [0.15, 0.2) is 0 Å². The normalized spacial score (nSPS) is 33.5. The van der Waals surface area contributed by atoms with E-state index in [1.807, 2.05) is 32.0 Å². The zero-order valence-corrected chi connectivity index (χ0v) is 21.5.